The van der Waals surface area contributed by atoms with E-state index in [0.717, 1.165) is 15.1 Å². The number of benzene rings is 3. The van der Waals surface area contributed by atoms with E-state index in [4.69, 9.17) is 23.2 Å². The van der Waals surface area contributed by atoms with Gasteiger partial charge >= 0.3 is 0 Å². The van der Waals surface area contributed by atoms with E-state index >= 15 is 0 Å². The molecule has 0 saturated carbocycles. The van der Waals surface area contributed by atoms with E-state index in [1.54, 1.807) is 24.3 Å². The molecule has 0 aliphatic heterocycles. The van der Waals surface area contributed by atoms with Gasteiger partial charge in [-0.25, -0.2) is 0 Å². The minimum absolute atomic E-state index is 0.0957. The lowest BCUT2D eigenvalue weighted by atomic mass is 10.2. The van der Waals surface area contributed by atoms with E-state index in [9.17, 15) is 9.59 Å². The van der Waals surface area contributed by atoms with E-state index in [-0.39, 0.29) is 22.1 Å². The Bertz CT molecular complexity index is 1080. The summed E-state index contributed by atoms with van der Waals surface area (Å²) >= 11 is 16.8. The van der Waals surface area contributed by atoms with Gasteiger partial charge in [0.1, 0.15) is 0 Å². The first-order chi connectivity index (χ1) is 14.3. The maximum atomic E-state index is 12.5. The van der Waals surface area contributed by atoms with Crippen LogP contribution in [0.4, 0.5) is 11.4 Å². The second-order valence-corrected chi connectivity index (χ2v) is 9.44. The summed E-state index contributed by atoms with van der Waals surface area (Å²) in [4.78, 5) is 25.8. The van der Waals surface area contributed by atoms with E-state index in [0.29, 0.717) is 16.3 Å². The van der Waals surface area contributed by atoms with Gasteiger partial charge in [0.25, 0.3) is 5.91 Å². The lowest BCUT2D eigenvalue weighted by molar-refractivity contribution is -0.115. The minimum Gasteiger partial charge on any atom is -0.324 e. The van der Waals surface area contributed by atoms with Crippen LogP contribution in [0.1, 0.15) is 17.3 Å². The number of carbonyl (C=O) groups is 2. The molecule has 0 aliphatic rings. The molecule has 0 aromatic heterocycles. The summed E-state index contributed by atoms with van der Waals surface area (Å²) in [7, 11) is 0. The Kier molecular flexibility index (Phi) is 7.83. The molecule has 30 heavy (non-hydrogen) atoms. The van der Waals surface area contributed by atoms with Crippen LogP contribution in [-0.2, 0) is 4.79 Å². The predicted molar refractivity (Wildman–Crippen MR) is 129 cm³/mol. The predicted octanol–water partition coefficient (Wildman–Crippen LogP) is 7.13. The molecule has 0 spiro atoms. The Balaban J connectivity index is 1.59. The molecule has 1 unspecified atom stereocenters. The van der Waals surface area contributed by atoms with Gasteiger partial charge in [-0.2, -0.15) is 0 Å². The quantitative estimate of drug-likeness (QED) is 0.338. The number of nitrogens with one attached hydrogen (secondary N) is 2. The molecule has 0 heterocycles. The van der Waals surface area contributed by atoms with Crippen LogP contribution in [0.3, 0.4) is 0 Å². The standard InChI is InChI=1S/C22H17BrCl2N2O2S/c1-13(21(28)27-20-5-3-2-4-18(20)23)30-16-9-7-15(8-10-16)26-22(29)17-11-6-14(24)12-19(17)25/h2-13H,1H3,(H,26,29)(H,27,28). The van der Waals surface area contributed by atoms with Crippen LogP contribution in [0.5, 0.6) is 0 Å². The van der Waals surface area contributed by atoms with Crippen molar-refractivity contribution >= 4 is 74.1 Å². The van der Waals surface area contributed by atoms with Crippen LogP contribution >= 0.6 is 50.9 Å². The summed E-state index contributed by atoms with van der Waals surface area (Å²) in [6.07, 6.45) is 0. The van der Waals surface area contributed by atoms with Crippen molar-refractivity contribution in [3.8, 4) is 0 Å². The third-order valence-corrected chi connectivity index (χ3v) is 6.45. The fourth-order valence-corrected chi connectivity index (χ4v) is 4.29. The number of hydrogen-bond donors (Lipinski definition) is 2. The summed E-state index contributed by atoms with van der Waals surface area (Å²) in [6, 6.07) is 19.4. The number of hydrogen-bond acceptors (Lipinski definition) is 3. The van der Waals surface area contributed by atoms with Gasteiger partial charge in [-0.05, 0) is 77.5 Å². The summed E-state index contributed by atoms with van der Waals surface area (Å²) < 4.78 is 0.830. The normalized spacial score (nSPS) is 11.6. The molecule has 0 bridgehead atoms. The number of anilines is 2. The first kappa shape index (κ1) is 22.7. The number of thioether (sulfide) groups is 1. The molecule has 0 radical (unpaired) electrons. The van der Waals surface area contributed by atoms with Gasteiger partial charge in [0.05, 0.1) is 21.5 Å². The summed E-state index contributed by atoms with van der Waals surface area (Å²) in [5.74, 6) is -0.417. The number of carbonyl (C=O) groups excluding carboxylic acids is 2. The molecular formula is C22H17BrCl2N2O2S. The molecule has 1 atom stereocenters. The lowest BCUT2D eigenvalue weighted by Gasteiger charge is -2.13. The first-order valence-electron chi connectivity index (χ1n) is 8.92. The molecule has 154 valence electrons. The van der Waals surface area contributed by atoms with Gasteiger partial charge in [-0.3, -0.25) is 9.59 Å². The average molecular weight is 524 g/mol. The van der Waals surface area contributed by atoms with Crippen molar-refractivity contribution in [3.63, 3.8) is 0 Å². The zero-order chi connectivity index (χ0) is 21.7. The summed E-state index contributed by atoms with van der Waals surface area (Å²) in [5.41, 5.74) is 1.70. The zero-order valence-electron chi connectivity index (χ0n) is 15.8. The van der Waals surface area contributed by atoms with Gasteiger partial charge in [-0.15, -0.1) is 11.8 Å². The molecule has 8 heteroatoms. The number of amides is 2. The van der Waals surface area contributed by atoms with E-state index in [1.165, 1.54) is 17.8 Å². The molecule has 2 N–H and O–H groups in total. The number of para-hydroxylation sites is 1. The summed E-state index contributed by atoms with van der Waals surface area (Å²) in [5, 5.41) is 6.17. The second kappa shape index (κ2) is 10.4. The highest BCUT2D eigenvalue weighted by Crippen LogP contribution is 2.28. The summed E-state index contributed by atoms with van der Waals surface area (Å²) in [6.45, 7) is 1.84. The number of halogens is 3. The van der Waals surface area contributed by atoms with E-state index in [2.05, 4.69) is 26.6 Å². The van der Waals surface area contributed by atoms with Gasteiger partial charge in [0.15, 0.2) is 0 Å². The second-order valence-electron chi connectivity index (χ2n) is 6.33. The van der Waals surface area contributed by atoms with Gasteiger partial charge < -0.3 is 10.6 Å². The molecule has 2 amide bonds. The highest BCUT2D eigenvalue weighted by Gasteiger charge is 2.16. The SMILES string of the molecule is CC(Sc1ccc(NC(=O)c2ccc(Cl)cc2Cl)cc1)C(=O)Nc1ccccc1Br. The minimum atomic E-state index is -0.321. The topological polar surface area (TPSA) is 58.2 Å². The smallest absolute Gasteiger partial charge is 0.257 e. The molecule has 3 rings (SSSR count). The average Bonchev–Trinajstić information content (AvgIpc) is 2.71. The Morgan fingerprint density at radius 3 is 2.33 bits per heavy atom. The van der Waals surface area contributed by atoms with Crippen LogP contribution in [0.15, 0.2) is 76.1 Å². The molecular weight excluding hydrogens is 507 g/mol. The largest absolute Gasteiger partial charge is 0.324 e. The Morgan fingerprint density at radius 2 is 1.67 bits per heavy atom. The van der Waals surface area contributed by atoms with E-state index < -0.39 is 0 Å². The van der Waals surface area contributed by atoms with Crippen LogP contribution in [0.2, 0.25) is 10.0 Å². The maximum Gasteiger partial charge on any atom is 0.257 e. The van der Waals surface area contributed by atoms with Crippen LogP contribution in [0, 0.1) is 0 Å². The van der Waals surface area contributed by atoms with Crippen molar-refractivity contribution in [2.45, 2.75) is 17.1 Å². The zero-order valence-corrected chi connectivity index (χ0v) is 19.7. The van der Waals surface area contributed by atoms with Crippen molar-refractivity contribution in [1.82, 2.24) is 0 Å². The maximum absolute atomic E-state index is 12.5. The van der Waals surface area contributed by atoms with Crippen molar-refractivity contribution in [1.29, 1.82) is 0 Å². The van der Waals surface area contributed by atoms with Crippen molar-refractivity contribution < 1.29 is 9.59 Å². The Hall–Kier alpha value is -1.99. The molecule has 4 nitrogen and oxygen atoms in total. The van der Waals surface area contributed by atoms with Gasteiger partial charge in [-0.1, -0.05) is 35.3 Å². The monoisotopic (exact) mass is 522 g/mol. The fraction of sp³-hybridized carbons (Fsp3) is 0.0909. The lowest BCUT2D eigenvalue weighted by Crippen LogP contribution is -2.22. The Labute approximate surface area is 197 Å². The van der Waals surface area contributed by atoms with Crippen LogP contribution < -0.4 is 10.6 Å². The number of rotatable bonds is 6. The van der Waals surface area contributed by atoms with Gasteiger partial charge in [0, 0.05) is 20.1 Å². The third-order valence-electron chi connectivity index (χ3n) is 4.10. The molecule has 0 saturated heterocycles. The third kappa shape index (κ3) is 6.01. The highest BCUT2D eigenvalue weighted by atomic mass is 79.9. The van der Waals surface area contributed by atoms with Crippen molar-refractivity contribution in [2.75, 3.05) is 10.6 Å². The van der Waals surface area contributed by atoms with Gasteiger partial charge in [0.2, 0.25) is 5.91 Å². The van der Waals surface area contributed by atoms with Crippen LogP contribution in [-0.4, -0.2) is 17.1 Å². The van der Waals surface area contributed by atoms with Crippen molar-refractivity contribution in [3.05, 3.63) is 86.8 Å². The molecule has 0 aliphatic carbocycles. The van der Waals surface area contributed by atoms with Crippen LogP contribution in [0.25, 0.3) is 0 Å². The van der Waals surface area contributed by atoms with E-state index in [1.807, 2.05) is 43.3 Å². The molecule has 0 fully saturated rings. The highest BCUT2D eigenvalue weighted by molar-refractivity contribution is 9.10. The Morgan fingerprint density at radius 1 is 0.967 bits per heavy atom. The fourth-order valence-electron chi connectivity index (χ4n) is 2.54. The molecule has 3 aromatic rings. The van der Waals surface area contributed by atoms with Crippen molar-refractivity contribution in [2.24, 2.45) is 0 Å². The first-order valence-corrected chi connectivity index (χ1v) is 11.3. The molecule has 3 aromatic carbocycles.